The Balaban J connectivity index is 1.73. The number of hydrogen-bond acceptors (Lipinski definition) is 2. The molecule has 0 radical (unpaired) electrons. The van der Waals surface area contributed by atoms with Crippen LogP contribution in [-0.4, -0.2) is 4.98 Å². The Morgan fingerprint density at radius 2 is 1.94 bits per heavy atom. The second-order valence-electron chi connectivity index (χ2n) is 4.84. The van der Waals surface area contributed by atoms with Gasteiger partial charge in [0, 0.05) is 10.7 Å². The summed E-state index contributed by atoms with van der Waals surface area (Å²) in [6.45, 7) is 0. The Morgan fingerprint density at radius 3 is 2.61 bits per heavy atom. The minimum absolute atomic E-state index is 0.0447. The molecule has 1 aromatic heterocycles. The van der Waals surface area contributed by atoms with Crippen molar-refractivity contribution in [1.82, 2.24) is 4.98 Å². The van der Waals surface area contributed by atoms with Gasteiger partial charge in [-0.3, -0.25) is 4.98 Å². The van der Waals surface area contributed by atoms with Gasteiger partial charge >= 0.3 is 0 Å². The van der Waals surface area contributed by atoms with Crippen LogP contribution in [0.4, 0.5) is 0 Å². The molecule has 3 heteroatoms. The molecule has 18 heavy (non-hydrogen) atoms. The fourth-order valence-corrected chi connectivity index (χ4v) is 2.73. The fraction of sp³-hybridized carbons (Fsp3) is 0.267. The van der Waals surface area contributed by atoms with E-state index in [2.05, 4.69) is 51.2 Å². The van der Waals surface area contributed by atoms with Crippen molar-refractivity contribution in [2.24, 2.45) is 11.7 Å². The third-order valence-corrected chi connectivity index (χ3v) is 4.09. The van der Waals surface area contributed by atoms with Crippen molar-refractivity contribution in [3.05, 3.63) is 64.4 Å². The first-order valence-electron chi connectivity index (χ1n) is 6.17. The quantitative estimate of drug-likeness (QED) is 0.940. The van der Waals surface area contributed by atoms with Crippen molar-refractivity contribution >= 4 is 15.9 Å². The van der Waals surface area contributed by atoms with Crippen LogP contribution < -0.4 is 5.73 Å². The molecular weight excluding hydrogens is 288 g/mol. The fourth-order valence-electron chi connectivity index (χ4n) is 2.50. The number of nitrogens with two attached hydrogens (primary N) is 1. The van der Waals surface area contributed by atoms with Crippen LogP contribution in [0.2, 0.25) is 0 Å². The minimum atomic E-state index is 0.0447. The lowest BCUT2D eigenvalue weighted by Gasteiger charge is -2.10. The minimum Gasteiger partial charge on any atom is -0.322 e. The van der Waals surface area contributed by atoms with Gasteiger partial charge in [-0.1, -0.05) is 30.3 Å². The average molecular weight is 303 g/mol. The monoisotopic (exact) mass is 302 g/mol. The van der Waals surface area contributed by atoms with Gasteiger partial charge in [-0.15, -0.1) is 0 Å². The van der Waals surface area contributed by atoms with E-state index >= 15 is 0 Å². The van der Waals surface area contributed by atoms with Crippen LogP contribution in [0.5, 0.6) is 0 Å². The number of nitrogens with zero attached hydrogens (tertiary/aromatic N) is 1. The van der Waals surface area contributed by atoms with Gasteiger partial charge in [-0.25, -0.2) is 0 Å². The Bertz CT molecular complexity index is 524. The summed E-state index contributed by atoms with van der Waals surface area (Å²) in [7, 11) is 0. The highest BCUT2D eigenvalue weighted by Gasteiger charge is 2.43. The summed E-state index contributed by atoms with van der Waals surface area (Å²) in [6.07, 6.45) is 2.98. The van der Waals surface area contributed by atoms with Gasteiger partial charge in [0.25, 0.3) is 0 Å². The van der Waals surface area contributed by atoms with Gasteiger partial charge in [-0.2, -0.15) is 0 Å². The molecule has 92 valence electrons. The standard InChI is InChI=1S/C15H15BrN2/c16-11-6-7-14(18-9-11)15(17)13-8-12(13)10-4-2-1-3-5-10/h1-7,9,12-13,15H,8,17H2. The van der Waals surface area contributed by atoms with E-state index in [0.717, 1.165) is 10.2 Å². The van der Waals surface area contributed by atoms with Gasteiger partial charge in [0.15, 0.2) is 0 Å². The number of aromatic nitrogens is 1. The van der Waals surface area contributed by atoms with Gasteiger partial charge in [-0.05, 0) is 51.9 Å². The lowest BCUT2D eigenvalue weighted by molar-refractivity contribution is 0.598. The van der Waals surface area contributed by atoms with Crippen LogP contribution in [0.3, 0.4) is 0 Å². The van der Waals surface area contributed by atoms with Crippen molar-refractivity contribution in [3.8, 4) is 0 Å². The number of pyridine rings is 1. The summed E-state index contributed by atoms with van der Waals surface area (Å²) in [5.74, 6) is 1.13. The van der Waals surface area contributed by atoms with Crippen molar-refractivity contribution in [2.75, 3.05) is 0 Å². The third-order valence-electron chi connectivity index (χ3n) is 3.62. The van der Waals surface area contributed by atoms with Gasteiger partial charge in [0.1, 0.15) is 0 Å². The SMILES string of the molecule is NC(c1ccc(Br)cn1)C1CC1c1ccccc1. The van der Waals surface area contributed by atoms with E-state index in [9.17, 15) is 0 Å². The molecule has 1 aliphatic rings. The molecule has 0 amide bonds. The molecule has 1 fully saturated rings. The number of halogens is 1. The maximum Gasteiger partial charge on any atom is 0.0574 e. The van der Waals surface area contributed by atoms with Crippen LogP contribution >= 0.6 is 15.9 Å². The van der Waals surface area contributed by atoms with Crippen molar-refractivity contribution in [1.29, 1.82) is 0 Å². The average Bonchev–Trinajstić information content (AvgIpc) is 3.20. The molecule has 3 unspecified atom stereocenters. The van der Waals surface area contributed by atoms with E-state index in [0.29, 0.717) is 11.8 Å². The van der Waals surface area contributed by atoms with Gasteiger partial charge in [0.05, 0.1) is 11.7 Å². The van der Waals surface area contributed by atoms with Crippen molar-refractivity contribution in [3.63, 3.8) is 0 Å². The van der Waals surface area contributed by atoms with Crippen LogP contribution in [-0.2, 0) is 0 Å². The molecular formula is C15H15BrN2. The van der Waals surface area contributed by atoms with E-state index < -0.39 is 0 Å². The van der Waals surface area contributed by atoms with Crippen LogP contribution in [0.1, 0.15) is 29.6 Å². The Labute approximate surface area is 115 Å². The van der Waals surface area contributed by atoms with Crippen molar-refractivity contribution in [2.45, 2.75) is 18.4 Å². The van der Waals surface area contributed by atoms with E-state index in [1.165, 1.54) is 12.0 Å². The first-order valence-corrected chi connectivity index (χ1v) is 6.97. The van der Waals surface area contributed by atoms with Gasteiger partial charge in [0.2, 0.25) is 0 Å². The molecule has 2 N–H and O–H groups in total. The highest BCUT2D eigenvalue weighted by atomic mass is 79.9. The Hall–Kier alpha value is -1.19. The molecule has 0 spiro atoms. The van der Waals surface area contributed by atoms with Crippen LogP contribution in [0.15, 0.2) is 53.1 Å². The smallest absolute Gasteiger partial charge is 0.0574 e. The van der Waals surface area contributed by atoms with E-state index in [1.54, 1.807) is 0 Å². The summed E-state index contributed by atoms with van der Waals surface area (Å²) in [6, 6.07) is 14.7. The lowest BCUT2D eigenvalue weighted by Crippen LogP contribution is -2.14. The second kappa shape index (κ2) is 4.82. The van der Waals surface area contributed by atoms with E-state index in [4.69, 9.17) is 5.73 Å². The summed E-state index contributed by atoms with van der Waals surface area (Å²) in [4.78, 5) is 4.40. The normalized spacial score (nSPS) is 23.7. The van der Waals surface area contributed by atoms with Crippen LogP contribution in [0, 0.1) is 5.92 Å². The highest BCUT2D eigenvalue weighted by Crippen LogP contribution is 2.52. The predicted molar refractivity (Wildman–Crippen MR) is 76.2 cm³/mol. The summed E-state index contributed by atoms with van der Waals surface area (Å²) < 4.78 is 0.994. The molecule has 0 saturated heterocycles. The molecule has 2 aromatic rings. The highest BCUT2D eigenvalue weighted by molar-refractivity contribution is 9.10. The topological polar surface area (TPSA) is 38.9 Å². The number of hydrogen-bond donors (Lipinski definition) is 1. The van der Waals surface area contributed by atoms with E-state index in [1.807, 2.05) is 18.3 Å². The predicted octanol–water partition coefficient (Wildman–Crippen LogP) is 3.65. The third kappa shape index (κ3) is 2.33. The summed E-state index contributed by atoms with van der Waals surface area (Å²) in [5, 5.41) is 0. The zero-order valence-corrected chi connectivity index (χ0v) is 11.5. The molecule has 0 aliphatic heterocycles. The summed E-state index contributed by atoms with van der Waals surface area (Å²) >= 11 is 3.39. The number of rotatable bonds is 3. The molecule has 3 rings (SSSR count). The maximum absolute atomic E-state index is 6.30. The molecule has 3 atom stereocenters. The molecule has 1 aromatic carbocycles. The first kappa shape index (κ1) is 11.9. The van der Waals surface area contributed by atoms with Gasteiger partial charge < -0.3 is 5.73 Å². The first-order chi connectivity index (χ1) is 8.75. The molecule has 1 aliphatic carbocycles. The van der Waals surface area contributed by atoms with Crippen LogP contribution in [0.25, 0.3) is 0 Å². The Morgan fingerprint density at radius 1 is 1.17 bits per heavy atom. The lowest BCUT2D eigenvalue weighted by atomic mass is 10.0. The molecule has 0 bridgehead atoms. The largest absolute Gasteiger partial charge is 0.322 e. The van der Waals surface area contributed by atoms with E-state index in [-0.39, 0.29) is 6.04 Å². The zero-order valence-electron chi connectivity index (χ0n) is 9.96. The molecule has 2 nitrogen and oxygen atoms in total. The number of benzene rings is 1. The Kier molecular flexibility index (Phi) is 3.18. The zero-order chi connectivity index (χ0) is 12.5. The summed E-state index contributed by atoms with van der Waals surface area (Å²) in [5.41, 5.74) is 8.69. The van der Waals surface area contributed by atoms with Crippen molar-refractivity contribution < 1.29 is 0 Å². The maximum atomic E-state index is 6.30. The molecule has 1 saturated carbocycles. The molecule has 1 heterocycles. The second-order valence-corrected chi connectivity index (χ2v) is 5.76.